The Kier molecular flexibility index (Phi) is 5.77. The Hall–Kier alpha value is -0.610. The Bertz CT molecular complexity index is 337. The van der Waals surface area contributed by atoms with Crippen molar-refractivity contribution in [3.05, 3.63) is 29.8 Å². The van der Waals surface area contributed by atoms with Crippen molar-refractivity contribution < 1.29 is 4.79 Å². The van der Waals surface area contributed by atoms with Gasteiger partial charge in [0.25, 0.3) is 0 Å². The number of rotatable bonds is 5. The number of hydrogen-bond donors (Lipinski definition) is 1. The Labute approximate surface area is 107 Å². The summed E-state index contributed by atoms with van der Waals surface area (Å²) in [6.45, 7) is 0.810. The first-order chi connectivity index (χ1) is 7.63. The van der Waals surface area contributed by atoms with Crippen LogP contribution >= 0.6 is 24.4 Å². The molecular formula is C12H17NOS2. The summed E-state index contributed by atoms with van der Waals surface area (Å²) in [6.07, 6.45) is 2.52. The normalized spacial score (nSPS) is 10.2. The van der Waals surface area contributed by atoms with E-state index in [0.717, 1.165) is 22.8 Å². The molecule has 0 aliphatic rings. The molecule has 88 valence electrons. The SMILES string of the molecule is CSCCN(C)C(=O)Cc1ccc(S)cc1. The molecule has 0 aliphatic carbocycles. The van der Waals surface area contributed by atoms with Crippen LogP contribution in [0, 0.1) is 0 Å². The van der Waals surface area contributed by atoms with E-state index in [-0.39, 0.29) is 5.91 Å². The molecule has 0 bridgehead atoms. The lowest BCUT2D eigenvalue weighted by molar-refractivity contribution is -0.128. The third-order valence-corrected chi connectivity index (χ3v) is 3.24. The van der Waals surface area contributed by atoms with Gasteiger partial charge in [-0.25, -0.2) is 0 Å². The molecule has 0 atom stereocenters. The van der Waals surface area contributed by atoms with Crippen LogP contribution in [-0.4, -0.2) is 36.4 Å². The molecule has 1 rings (SSSR count). The van der Waals surface area contributed by atoms with Crippen molar-refractivity contribution in [1.29, 1.82) is 0 Å². The lowest BCUT2D eigenvalue weighted by Gasteiger charge is -2.16. The Morgan fingerprint density at radius 2 is 2.00 bits per heavy atom. The minimum atomic E-state index is 0.168. The number of carbonyl (C=O) groups excluding carboxylic acids is 1. The summed E-state index contributed by atoms with van der Waals surface area (Å²) in [7, 11) is 1.85. The van der Waals surface area contributed by atoms with Crippen molar-refractivity contribution in [3.8, 4) is 0 Å². The molecule has 0 saturated carbocycles. The van der Waals surface area contributed by atoms with Gasteiger partial charge in [-0.3, -0.25) is 4.79 Å². The van der Waals surface area contributed by atoms with E-state index < -0.39 is 0 Å². The Balaban J connectivity index is 2.47. The highest BCUT2D eigenvalue weighted by Crippen LogP contribution is 2.09. The molecule has 0 N–H and O–H groups in total. The molecule has 0 spiro atoms. The lowest BCUT2D eigenvalue weighted by Crippen LogP contribution is -2.30. The standard InChI is InChI=1S/C12H17NOS2/c1-13(7-8-16-2)12(14)9-10-3-5-11(15)6-4-10/h3-6,15H,7-9H2,1-2H3. The minimum Gasteiger partial charge on any atom is -0.345 e. The first kappa shape index (κ1) is 13.5. The van der Waals surface area contributed by atoms with Crippen LogP contribution in [0.1, 0.15) is 5.56 Å². The molecule has 4 heteroatoms. The highest BCUT2D eigenvalue weighted by atomic mass is 32.2. The van der Waals surface area contributed by atoms with Crippen molar-refractivity contribution in [2.24, 2.45) is 0 Å². The van der Waals surface area contributed by atoms with E-state index in [9.17, 15) is 4.79 Å². The van der Waals surface area contributed by atoms with Gasteiger partial charge in [0.2, 0.25) is 5.91 Å². The van der Waals surface area contributed by atoms with E-state index in [2.05, 4.69) is 12.6 Å². The van der Waals surface area contributed by atoms with Gasteiger partial charge in [-0.2, -0.15) is 11.8 Å². The maximum Gasteiger partial charge on any atom is 0.226 e. The third kappa shape index (κ3) is 4.49. The number of thioether (sulfide) groups is 1. The molecule has 0 saturated heterocycles. The molecule has 0 heterocycles. The van der Waals surface area contributed by atoms with Crippen LogP contribution in [-0.2, 0) is 11.2 Å². The summed E-state index contributed by atoms with van der Waals surface area (Å²) in [6, 6.07) is 7.71. The van der Waals surface area contributed by atoms with Crippen molar-refractivity contribution in [1.82, 2.24) is 4.90 Å². The molecule has 2 nitrogen and oxygen atoms in total. The Morgan fingerprint density at radius 3 is 2.56 bits per heavy atom. The topological polar surface area (TPSA) is 20.3 Å². The van der Waals surface area contributed by atoms with Gasteiger partial charge >= 0.3 is 0 Å². The van der Waals surface area contributed by atoms with E-state index in [1.54, 1.807) is 16.7 Å². The van der Waals surface area contributed by atoms with Crippen LogP contribution in [0.5, 0.6) is 0 Å². The second-order valence-electron chi connectivity index (χ2n) is 3.65. The van der Waals surface area contributed by atoms with Gasteiger partial charge in [0.15, 0.2) is 0 Å². The zero-order valence-electron chi connectivity index (χ0n) is 9.64. The minimum absolute atomic E-state index is 0.168. The van der Waals surface area contributed by atoms with Gasteiger partial charge in [0.05, 0.1) is 6.42 Å². The fourth-order valence-electron chi connectivity index (χ4n) is 1.28. The summed E-state index contributed by atoms with van der Waals surface area (Å²) in [5, 5.41) is 0. The molecule has 0 aromatic heterocycles. The van der Waals surface area contributed by atoms with Crippen LogP contribution in [0.25, 0.3) is 0 Å². The first-order valence-electron chi connectivity index (χ1n) is 5.14. The van der Waals surface area contributed by atoms with Gasteiger partial charge < -0.3 is 4.90 Å². The summed E-state index contributed by atoms with van der Waals surface area (Å²) in [5.74, 6) is 1.15. The molecule has 0 fully saturated rings. The summed E-state index contributed by atoms with van der Waals surface area (Å²) in [4.78, 5) is 14.5. The van der Waals surface area contributed by atoms with Crippen molar-refractivity contribution in [3.63, 3.8) is 0 Å². The van der Waals surface area contributed by atoms with Crippen molar-refractivity contribution in [2.45, 2.75) is 11.3 Å². The third-order valence-electron chi connectivity index (χ3n) is 2.35. The molecule has 16 heavy (non-hydrogen) atoms. The van der Waals surface area contributed by atoms with E-state index in [4.69, 9.17) is 0 Å². The number of thiol groups is 1. The zero-order valence-corrected chi connectivity index (χ0v) is 11.4. The fraction of sp³-hybridized carbons (Fsp3) is 0.417. The highest BCUT2D eigenvalue weighted by molar-refractivity contribution is 7.98. The number of carbonyl (C=O) groups is 1. The molecular weight excluding hydrogens is 238 g/mol. The monoisotopic (exact) mass is 255 g/mol. The second-order valence-corrected chi connectivity index (χ2v) is 5.15. The summed E-state index contributed by atoms with van der Waals surface area (Å²) in [5.41, 5.74) is 1.04. The van der Waals surface area contributed by atoms with Crippen LogP contribution in [0.3, 0.4) is 0 Å². The largest absolute Gasteiger partial charge is 0.345 e. The quantitative estimate of drug-likeness (QED) is 0.815. The molecule has 0 unspecified atom stereocenters. The zero-order chi connectivity index (χ0) is 12.0. The highest BCUT2D eigenvalue weighted by Gasteiger charge is 2.08. The van der Waals surface area contributed by atoms with Crippen LogP contribution in [0.2, 0.25) is 0 Å². The lowest BCUT2D eigenvalue weighted by atomic mass is 10.1. The van der Waals surface area contributed by atoms with E-state index in [0.29, 0.717) is 6.42 Å². The van der Waals surface area contributed by atoms with Gasteiger partial charge in [0.1, 0.15) is 0 Å². The van der Waals surface area contributed by atoms with Crippen molar-refractivity contribution >= 4 is 30.3 Å². The Morgan fingerprint density at radius 1 is 1.38 bits per heavy atom. The second kappa shape index (κ2) is 6.86. The van der Waals surface area contributed by atoms with Crippen LogP contribution in [0.15, 0.2) is 29.2 Å². The number of amides is 1. The van der Waals surface area contributed by atoms with E-state index in [1.165, 1.54) is 0 Å². The maximum absolute atomic E-state index is 11.8. The van der Waals surface area contributed by atoms with Crippen LogP contribution < -0.4 is 0 Å². The number of nitrogens with zero attached hydrogens (tertiary/aromatic N) is 1. The molecule has 0 radical (unpaired) electrons. The smallest absolute Gasteiger partial charge is 0.226 e. The molecule has 1 aromatic rings. The van der Waals surface area contributed by atoms with Gasteiger partial charge in [-0.05, 0) is 24.0 Å². The van der Waals surface area contributed by atoms with E-state index in [1.807, 2.05) is 37.6 Å². The number of likely N-dealkylation sites (N-methyl/N-ethyl adjacent to an activating group) is 1. The number of benzene rings is 1. The van der Waals surface area contributed by atoms with E-state index >= 15 is 0 Å². The predicted octanol–water partition coefficient (Wildman–Crippen LogP) is 2.34. The molecule has 1 aromatic carbocycles. The molecule has 1 amide bonds. The van der Waals surface area contributed by atoms with Gasteiger partial charge in [-0.15, -0.1) is 12.6 Å². The average Bonchev–Trinajstić information content (AvgIpc) is 2.29. The fourth-order valence-corrected chi connectivity index (χ4v) is 1.88. The first-order valence-corrected chi connectivity index (χ1v) is 6.98. The maximum atomic E-state index is 11.8. The van der Waals surface area contributed by atoms with Crippen molar-refractivity contribution in [2.75, 3.05) is 25.6 Å². The summed E-state index contributed by atoms with van der Waals surface area (Å²) < 4.78 is 0. The molecule has 0 aliphatic heterocycles. The number of hydrogen-bond acceptors (Lipinski definition) is 3. The summed E-state index contributed by atoms with van der Waals surface area (Å²) >= 11 is 5.96. The van der Waals surface area contributed by atoms with Gasteiger partial charge in [-0.1, -0.05) is 12.1 Å². The van der Waals surface area contributed by atoms with Gasteiger partial charge in [0, 0.05) is 24.2 Å². The average molecular weight is 255 g/mol. The van der Waals surface area contributed by atoms with Crippen LogP contribution in [0.4, 0.5) is 0 Å². The predicted molar refractivity (Wildman–Crippen MR) is 73.4 cm³/mol.